The molecular formula is C19H20N4O4. The van der Waals surface area contributed by atoms with Crippen LogP contribution in [0.4, 0.5) is 21.0 Å². The average molecular weight is 368 g/mol. The molecule has 8 nitrogen and oxygen atoms in total. The molecule has 0 aromatic heterocycles. The van der Waals surface area contributed by atoms with Crippen LogP contribution < -0.4 is 20.9 Å². The van der Waals surface area contributed by atoms with E-state index in [1.807, 2.05) is 30.3 Å². The molecule has 1 heterocycles. The largest absolute Gasteiger partial charge is 0.447 e. The fraction of sp³-hybridized carbons (Fsp3) is 0.211. The number of nitrogens with zero attached hydrogens (tertiary/aromatic N) is 1. The maximum atomic E-state index is 12.0. The lowest BCUT2D eigenvalue weighted by Crippen LogP contribution is -2.39. The van der Waals surface area contributed by atoms with Crippen molar-refractivity contribution in [2.75, 3.05) is 29.9 Å². The average Bonchev–Trinajstić information content (AvgIpc) is 3.12. The van der Waals surface area contributed by atoms with Gasteiger partial charge in [-0.1, -0.05) is 36.4 Å². The van der Waals surface area contributed by atoms with Crippen LogP contribution in [0.25, 0.3) is 0 Å². The highest BCUT2D eigenvalue weighted by Gasteiger charge is 2.23. The van der Waals surface area contributed by atoms with Crippen molar-refractivity contribution in [3.63, 3.8) is 0 Å². The number of carbonyl (C=O) groups is 3. The van der Waals surface area contributed by atoms with Gasteiger partial charge in [0.1, 0.15) is 6.61 Å². The second-order valence-electron chi connectivity index (χ2n) is 5.89. The summed E-state index contributed by atoms with van der Waals surface area (Å²) in [4.78, 5) is 36.9. The first kappa shape index (κ1) is 18.2. The van der Waals surface area contributed by atoms with Crippen molar-refractivity contribution in [2.45, 2.75) is 6.54 Å². The van der Waals surface area contributed by atoms with E-state index in [0.29, 0.717) is 31.1 Å². The SMILES string of the molecule is O=C(CNC(=O)NCc1ccccc1)Nc1cccc(N2CCOC2=O)c1. The Morgan fingerprint density at radius 2 is 1.85 bits per heavy atom. The molecule has 0 radical (unpaired) electrons. The number of urea groups is 1. The van der Waals surface area contributed by atoms with Gasteiger partial charge in [0, 0.05) is 17.9 Å². The van der Waals surface area contributed by atoms with E-state index >= 15 is 0 Å². The van der Waals surface area contributed by atoms with Gasteiger partial charge >= 0.3 is 12.1 Å². The molecule has 2 aromatic rings. The number of hydrogen-bond acceptors (Lipinski definition) is 4. The summed E-state index contributed by atoms with van der Waals surface area (Å²) >= 11 is 0. The lowest BCUT2D eigenvalue weighted by atomic mass is 10.2. The van der Waals surface area contributed by atoms with E-state index in [0.717, 1.165) is 5.56 Å². The molecule has 4 amide bonds. The second-order valence-corrected chi connectivity index (χ2v) is 5.89. The van der Waals surface area contributed by atoms with E-state index in [4.69, 9.17) is 4.74 Å². The highest BCUT2D eigenvalue weighted by molar-refractivity contribution is 5.96. The first-order valence-corrected chi connectivity index (χ1v) is 8.51. The van der Waals surface area contributed by atoms with E-state index in [2.05, 4.69) is 16.0 Å². The smallest absolute Gasteiger partial charge is 0.414 e. The zero-order valence-electron chi connectivity index (χ0n) is 14.6. The first-order valence-electron chi connectivity index (χ1n) is 8.51. The zero-order chi connectivity index (χ0) is 19.1. The number of rotatable bonds is 6. The van der Waals surface area contributed by atoms with Crippen molar-refractivity contribution in [3.8, 4) is 0 Å². The highest BCUT2D eigenvalue weighted by Crippen LogP contribution is 2.22. The summed E-state index contributed by atoms with van der Waals surface area (Å²) in [6.07, 6.45) is -0.407. The van der Waals surface area contributed by atoms with Crippen molar-refractivity contribution in [3.05, 3.63) is 60.2 Å². The minimum absolute atomic E-state index is 0.170. The van der Waals surface area contributed by atoms with Crippen molar-refractivity contribution in [1.82, 2.24) is 10.6 Å². The molecule has 3 rings (SSSR count). The van der Waals surface area contributed by atoms with Crippen molar-refractivity contribution >= 4 is 29.4 Å². The van der Waals surface area contributed by atoms with Crippen LogP contribution >= 0.6 is 0 Å². The molecule has 0 aliphatic carbocycles. The predicted octanol–water partition coefficient (Wildman–Crippen LogP) is 2.08. The molecule has 1 saturated heterocycles. The normalized spacial score (nSPS) is 13.0. The second kappa shape index (κ2) is 8.70. The number of anilines is 2. The monoisotopic (exact) mass is 368 g/mol. The van der Waals surface area contributed by atoms with Gasteiger partial charge in [-0.2, -0.15) is 0 Å². The Labute approximate surface area is 156 Å². The molecule has 0 spiro atoms. The molecule has 140 valence electrons. The number of amides is 4. The summed E-state index contributed by atoms with van der Waals surface area (Å²) in [5.41, 5.74) is 2.14. The van der Waals surface area contributed by atoms with Gasteiger partial charge in [0.15, 0.2) is 0 Å². The van der Waals surface area contributed by atoms with Gasteiger partial charge < -0.3 is 20.7 Å². The molecular weight excluding hydrogens is 348 g/mol. The van der Waals surface area contributed by atoms with Crippen LogP contribution in [-0.2, 0) is 16.1 Å². The molecule has 3 N–H and O–H groups in total. The standard InChI is InChI=1S/C19H20N4O4/c24-17(13-21-18(25)20-12-14-5-2-1-3-6-14)22-15-7-4-8-16(11-15)23-9-10-27-19(23)26/h1-8,11H,9-10,12-13H2,(H,22,24)(H2,20,21,25). The fourth-order valence-corrected chi connectivity index (χ4v) is 2.59. The lowest BCUT2D eigenvalue weighted by Gasteiger charge is -2.14. The minimum atomic E-state index is -0.428. The van der Waals surface area contributed by atoms with E-state index in [9.17, 15) is 14.4 Å². The topological polar surface area (TPSA) is 99.8 Å². The van der Waals surface area contributed by atoms with Crippen LogP contribution in [0.1, 0.15) is 5.56 Å². The first-order chi connectivity index (χ1) is 13.1. The summed E-state index contributed by atoms with van der Waals surface area (Å²) in [5.74, 6) is -0.369. The van der Waals surface area contributed by atoms with Gasteiger partial charge in [0.2, 0.25) is 5.91 Å². The molecule has 1 aliphatic heterocycles. The number of hydrogen-bond donors (Lipinski definition) is 3. The maximum Gasteiger partial charge on any atom is 0.414 e. The van der Waals surface area contributed by atoms with Crippen LogP contribution in [0.15, 0.2) is 54.6 Å². The summed E-state index contributed by atoms with van der Waals surface area (Å²) in [6, 6.07) is 15.9. The van der Waals surface area contributed by atoms with Crippen molar-refractivity contribution in [2.24, 2.45) is 0 Å². The Bertz CT molecular complexity index is 825. The molecule has 0 bridgehead atoms. The highest BCUT2D eigenvalue weighted by atomic mass is 16.6. The Morgan fingerprint density at radius 3 is 2.59 bits per heavy atom. The Hall–Kier alpha value is -3.55. The van der Waals surface area contributed by atoms with Crippen LogP contribution in [0.3, 0.4) is 0 Å². The molecule has 0 unspecified atom stereocenters. The van der Waals surface area contributed by atoms with E-state index in [1.54, 1.807) is 24.3 Å². The summed E-state index contributed by atoms with van der Waals surface area (Å²) in [7, 11) is 0. The number of cyclic esters (lactones) is 1. The predicted molar refractivity (Wildman–Crippen MR) is 100 cm³/mol. The van der Waals surface area contributed by atoms with Gasteiger partial charge in [-0.25, -0.2) is 9.59 Å². The molecule has 0 saturated carbocycles. The number of nitrogens with one attached hydrogen (secondary N) is 3. The fourth-order valence-electron chi connectivity index (χ4n) is 2.59. The summed E-state index contributed by atoms with van der Waals surface area (Å²) in [5, 5.41) is 7.87. The third-order valence-corrected chi connectivity index (χ3v) is 3.91. The maximum absolute atomic E-state index is 12.0. The van der Waals surface area contributed by atoms with Crippen molar-refractivity contribution in [1.29, 1.82) is 0 Å². The molecule has 1 fully saturated rings. The minimum Gasteiger partial charge on any atom is -0.447 e. The molecule has 2 aromatic carbocycles. The number of ether oxygens (including phenoxy) is 1. The van der Waals surface area contributed by atoms with Gasteiger partial charge in [0.25, 0.3) is 0 Å². The third-order valence-electron chi connectivity index (χ3n) is 3.91. The summed E-state index contributed by atoms with van der Waals surface area (Å²) < 4.78 is 4.91. The Kier molecular flexibility index (Phi) is 5.88. The number of carbonyl (C=O) groups excluding carboxylic acids is 3. The van der Waals surface area contributed by atoms with Crippen LogP contribution in [-0.4, -0.2) is 37.7 Å². The van der Waals surface area contributed by atoms with Gasteiger partial charge in [-0.3, -0.25) is 9.69 Å². The van der Waals surface area contributed by atoms with E-state index in [-0.39, 0.29) is 12.5 Å². The number of benzene rings is 2. The third kappa shape index (κ3) is 5.21. The van der Waals surface area contributed by atoms with Crippen molar-refractivity contribution < 1.29 is 19.1 Å². The molecule has 1 aliphatic rings. The molecule has 8 heteroatoms. The Morgan fingerprint density at radius 1 is 1.04 bits per heavy atom. The summed E-state index contributed by atoms with van der Waals surface area (Å²) in [6.45, 7) is 1.02. The van der Waals surface area contributed by atoms with Crippen LogP contribution in [0.5, 0.6) is 0 Å². The van der Waals surface area contributed by atoms with Crippen LogP contribution in [0, 0.1) is 0 Å². The van der Waals surface area contributed by atoms with Crippen LogP contribution in [0.2, 0.25) is 0 Å². The van der Waals surface area contributed by atoms with Gasteiger partial charge in [0.05, 0.1) is 13.1 Å². The van der Waals surface area contributed by atoms with E-state index in [1.165, 1.54) is 4.90 Å². The quantitative estimate of drug-likeness (QED) is 0.727. The Balaban J connectivity index is 1.45. The molecule has 0 atom stereocenters. The lowest BCUT2D eigenvalue weighted by molar-refractivity contribution is -0.115. The van der Waals surface area contributed by atoms with Gasteiger partial charge in [-0.15, -0.1) is 0 Å². The van der Waals surface area contributed by atoms with E-state index < -0.39 is 12.1 Å². The zero-order valence-corrected chi connectivity index (χ0v) is 14.6. The molecule has 27 heavy (non-hydrogen) atoms. The van der Waals surface area contributed by atoms with Gasteiger partial charge in [-0.05, 0) is 23.8 Å².